The molecule has 4 aromatic carbocycles. The molecule has 9 heteroatoms. The van der Waals surface area contributed by atoms with Crippen molar-refractivity contribution in [1.82, 2.24) is 9.71 Å². The highest BCUT2D eigenvalue weighted by Gasteiger charge is 2.33. The maximum atomic E-state index is 13.9. The summed E-state index contributed by atoms with van der Waals surface area (Å²) in [4.78, 5) is 4.39. The second kappa shape index (κ2) is 11.7. The van der Waals surface area contributed by atoms with Gasteiger partial charge in [-0.25, -0.2) is 13.1 Å². The predicted octanol–water partition coefficient (Wildman–Crippen LogP) is 7.99. The number of nitrogens with zero attached hydrogens (tertiary/aromatic N) is 1. The van der Waals surface area contributed by atoms with Crippen molar-refractivity contribution in [2.45, 2.75) is 30.8 Å². The van der Waals surface area contributed by atoms with Gasteiger partial charge in [0.05, 0.1) is 16.0 Å². The van der Waals surface area contributed by atoms with E-state index < -0.39 is 21.8 Å². The number of benzene rings is 4. The van der Waals surface area contributed by atoms with E-state index in [0.29, 0.717) is 47.4 Å². The number of nitrogens with one attached hydrogen (secondary N) is 1. The molecule has 0 fully saturated rings. The molecule has 1 aromatic heterocycles. The highest BCUT2D eigenvalue weighted by Crippen LogP contribution is 2.40. The summed E-state index contributed by atoms with van der Waals surface area (Å²) in [6.45, 7) is 2.22. The highest BCUT2D eigenvalue weighted by atomic mass is 32.2. The normalized spacial score (nSPS) is 12.0. The largest absolute Gasteiger partial charge is 0.457 e. The van der Waals surface area contributed by atoms with Gasteiger partial charge in [-0.1, -0.05) is 61.5 Å². The molecule has 0 bridgehead atoms. The SMILES string of the molecule is CCCNS(=O)(=O)c1ccc(Oc2cccc(-c3c(Cc4ccccc4)cnc4c(C(F)(F)F)cccc34)c2)cc1. The topological polar surface area (TPSA) is 68.3 Å². The Morgan fingerprint density at radius 1 is 0.854 bits per heavy atom. The Morgan fingerprint density at radius 2 is 1.59 bits per heavy atom. The molecular weight excluding hydrogens is 549 g/mol. The Balaban J connectivity index is 1.55. The van der Waals surface area contributed by atoms with Gasteiger partial charge in [0.25, 0.3) is 0 Å². The first kappa shape index (κ1) is 28.3. The zero-order chi connectivity index (χ0) is 29.0. The summed E-state index contributed by atoms with van der Waals surface area (Å²) in [5.74, 6) is 0.866. The van der Waals surface area contributed by atoms with Crippen molar-refractivity contribution in [1.29, 1.82) is 0 Å². The monoisotopic (exact) mass is 576 g/mol. The standard InChI is InChI=1S/C32H27F3N2O3S/c1-2-18-37-41(38,39)27-16-14-25(15-17-27)40-26-11-6-10-23(20-26)30-24(19-22-8-4-3-5-9-22)21-36-31-28(30)12-7-13-29(31)32(33,34)35/h3-17,20-21,37H,2,18-19H2,1H3. The molecule has 1 heterocycles. The molecular formula is C32H27F3N2O3S. The summed E-state index contributed by atoms with van der Waals surface area (Å²) in [5, 5.41) is 0.388. The van der Waals surface area contributed by atoms with Gasteiger partial charge in [0.15, 0.2) is 0 Å². The van der Waals surface area contributed by atoms with Gasteiger partial charge in [0.1, 0.15) is 11.5 Å². The fraction of sp³-hybridized carbons (Fsp3) is 0.156. The van der Waals surface area contributed by atoms with E-state index >= 15 is 0 Å². The fourth-order valence-corrected chi connectivity index (χ4v) is 5.78. The zero-order valence-corrected chi connectivity index (χ0v) is 23.0. The zero-order valence-electron chi connectivity index (χ0n) is 22.2. The molecule has 0 radical (unpaired) electrons. The molecule has 0 unspecified atom stereocenters. The number of alkyl halides is 3. The first-order valence-corrected chi connectivity index (χ1v) is 14.5. The van der Waals surface area contributed by atoms with Crippen LogP contribution in [-0.2, 0) is 22.6 Å². The summed E-state index contributed by atoms with van der Waals surface area (Å²) in [6, 6.07) is 26.9. The summed E-state index contributed by atoms with van der Waals surface area (Å²) in [6.07, 6.45) is -1.89. The van der Waals surface area contributed by atoms with Crippen LogP contribution in [0.15, 0.2) is 108 Å². The first-order valence-electron chi connectivity index (χ1n) is 13.1. The summed E-state index contributed by atoms with van der Waals surface area (Å²) in [5.41, 5.74) is 2.17. The van der Waals surface area contributed by atoms with Gasteiger partial charge in [-0.05, 0) is 77.6 Å². The van der Waals surface area contributed by atoms with Crippen LogP contribution in [0.2, 0.25) is 0 Å². The van der Waals surface area contributed by atoms with Crippen LogP contribution in [0.25, 0.3) is 22.0 Å². The van der Waals surface area contributed by atoms with E-state index in [2.05, 4.69) is 9.71 Å². The molecule has 5 rings (SSSR count). The average molecular weight is 577 g/mol. The number of aromatic nitrogens is 1. The van der Waals surface area contributed by atoms with Crippen LogP contribution in [0.1, 0.15) is 30.0 Å². The second-order valence-corrected chi connectivity index (χ2v) is 11.3. The molecule has 0 amide bonds. The van der Waals surface area contributed by atoms with E-state index in [1.807, 2.05) is 43.3 Å². The van der Waals surface area contributed by atoms with Gasteiger partial charge < -0.3 is 4.74 Å². The van der Waals surface area contributed by atoms with E-state index in [4.69, 9.17) is 4.74 Å². The minimum Gasteiger partial charge on any atom is -0.457 e. The summed E-state index contributed by atoms with van der Waals surface area (Å²) < 4.78 is 74.9. The molecule has 1 N–H and O–H groups in total. The van der Waals surface area contributed by atoms with Crippen molar-refractivity contribution in [2.24, 2.45) is 0 Å². The smallest absolute Gasteiger partial charge is 0.418 e. The molecule has 0 atom stereocenters. The lowest BCUT2D eigenvalue weighted by atomic mass is 9.92. The van der Waals surface area contributed by atoms with Gasteiger partial charge in [0.2, 0.25) is 10.0 Å². The molecule has 0 saturated carbocycles. The third-order valence-electron chi connectivity index (χ3n) is 6.55. The van der Waals surface area contributed by atoms with E-state index in [0.717, 1.165) is 17.2 Å². The fourth-order valence-electron chi connectivity index (χ4n) is 4.64. The van der Waals surface area contributed by atoms with Crippen molar-refractivity contribution >= 4 is 20.9 Å². The van der Waals surface area contributed by atoms with Crippen LogP contribution in [-0.4, -0.2) is 19.9 Å². The van der Waals surface area contributed by atoms with Crippen LogP contribution in [0.4, 0.5) is 13.2 Å². The number of fused-ring (bicyclic) bond motifs is 1. The third kappa shape index (κ3) is 6.42. The molecule has 0 aliphatic rings. The summed E-state index contributed by atoms with van der Waals surface area (Å²) >= 11 is 0. The lowest BCUT2D eigenvalue weighted by molar-refractivity contribution is -0.136. The molecule has 0 saturated heterocycles. The van der Waals surface area contributed by atoms with Gasteiger partial charge in [-0.15, -0.1) is 0 Å². The Bertz CT molecular complexity index is 1770. The number of rotatable bonds is 9. The molecule has 0 spiro atoms. The molecule has 5 nitrogen and oxygen atoms in total. The second-order valence-electron chi connectivity index (χ2n) is 9.52. The van der Waals surface area contributed by atoms with Crippen molar-refractivity contribution < 1.29 is 26.3 Å². The quantitative estimate of drug-likeness (QED) is 0.193. The Morgan fingerprint density at radius 3 is 2.29 bits per heavy atom. The highest BCUT2D eigenvalue weighted by molar-refractivity contribution is 7.89. The Kier molecular flexibility index (Phi) is 8.10. The minimum atomic E-state index is -4.55. The number of hydrogen-bond acceptors (Lipinski definition) is 4. The molecule has 0 aliphatic heterocycles. The van der Waals surface area contributed by atoms with Crippen molar-refractivity contribution in [3.63, 3.8) is 0 Å². The number of sulfonamides is 1. The van der Waals surface area contributed by atoms with E-state index in [9.17, 15) is 21.6 Å². The van der Waals surface area contributed by atoms with Crippen LogP contribution in [0, 0.1) is 0 Å². The number of ether oxygens (including phenoxy) is 1. The Hall–Kier alpha value is -4.21. The summed E-state index contributed by atoms with van der Waals surface area (Å²) in [7, 11) is -3.61. The van der Waals surface area contributed by atoms with Gasteiger partial charge in [0, 0.05) is 18.1 Å². The van der Waals surface area contributed by atoms with Crippen LogP contribution < -0.4 is 9.46 Å². The molecule has 5 aromatic rings. The predicted molar refractivity (Wildman–Crippen MR) is 153 cm³/mol. The van der Waals surface area contributed by atoms with E-state index in [1.165, 1.54) is 24.4 Å². The number of hydrogen-bond donors (Lipinski definition) is 1. The van der Waals surface area contributed by atoms with Crippen molar-refractivity contribution in [2.75, 3.05) is 6.54 Å². The third-order valence-corrected chi connectivity index (χ3v) is 8.03. The number of para-hydroxylation sites is 1. The van der Waals surface area contributed by atoms with Gasteiger partial charge in [-0.2, -0.15) is 13.2 Å². The van der Waals surface area contributed by atoms with Crippen LogP contribution in [0.3, 0.4) is 0 Å². The Labute approximate surface area is 236 Å². The van der Waals surface area contributed by atoms with Crippen molar-refractivity contribution in [3.8, 4) is 22.6 Å². The molecule has 210 valence electrons. The molecule has 0 aliphatic carbocycles. The maximum absolute atomic E-state index is 13.9. The average Bonchev–Trinajstić information content (AvgIpc) is 2.96. The molecule has 41 heavy (non-hydrogen) atoms. The van der Waals surface area contributed by atoms with Crippen LogP contribution >= 0.6 is 0 Å². The lowest BCUT2D eigenvalue weighted by Gasteiger charge is -2.17. The minimum absolute atomic E-state index is 0.119. The van der Waals surface area contributed by atoms with Crippen molar-refractivity contribution in [3.05, 3.63) is 120 Å². The van der Waals surface area contributed by atoms with E-state index in [-0.39, 0.29) is 10.4 Å². The first-order chi connectivity index (χ1) is 19.7. The lowest BCUT2D eigenvalue weighted by Crippen LogP contribution is -2.24. The van der Waals surface area contributed by atoms with Crippen LogP contribution in [0.5, 0.6) is 11.5 Å². The number of halogens is 3. The number of pyridine rings is 1. The van der Waals surface area contributed by atoms with Gasteiger partial charge >= 0.3 is 6.18 Å². The maximum Gasteiger partial charge on any atom is 0.418 e. The van der Waals surface area contributed by atoms with Gasteiger partial charge in [-0.3, -0.25) is 4.98 Å². The van der Waals surface area contributed by atoms with E-state index in [1.54, 1.807) is 36.4 Å².